The monoisotopic (exact) mass is 639 g/mol. The van der Waals surface area contributed by atoms with Gasteiger partial charge in [0.15, 0.2) is 11.5 Å². The van der Waals surface area contributed by atoms with Gasteiger partial charge in [0.1, 0.15) is 13.2 Å². The number of hydrogen-bond donors (Lipinski definition) is 1. The molecule has 0 radical (unpaired) electrons. The summed E-state index contributed by atoms with van der Waals surface area (Å²) in [6.07, 6.45) is 1.44. The van der Waals surface area contributed by atoms with Gasteiger partial charge in [-0.3, -0.25) is 9.10 Å². The molecular weight excluding hydrogens is 609 g/mol. The SMILES string of the molecule is CCOc1cc(/C=N\NC(=O)CN(c2ccc(C)c(C)c2)S(=O)(=O)c2ccc(Cl)cc2)ccc1OCc1ccc(Cl)cc1. The molecular formula is C32H31Cl2N3O5S. The molecule has 0 aliphatic heterocycles. The van der Waals surface area contributed by atoms with Crippen molar-refractivity contribution < 1.29 is 22.7 Å². The molecule has 0 heterocycles. The van der Waals surface area contributed by atoms with Gasteiger partial charge in [0, 0.05) is 10.0 Å². The lowest BCUT2D eigenvalue weighted by atomic mass is 10.1. The Labute approximate surface area is 261 Å². The summed E-state index contributed by atoms with van der Waals surface area (Å²) in [7, 11) is -4.09. The van der Waals surface area contributed by atoms with Crippen molar-refractivity contribution in [2.24, 2.45) is 5.10 Å². The zero-order valence-corrected chi connectivity index (χ0v) is 26.2. The lowest BCUT2D eigenvalue weighted by Crippen LogP contribution is -2.39. The van der Waals surface area contributed by atoms with E-state index in [0.29, 0.717) is 46.0 Å². The van der Waals surface area contributed by atoms with Crippen LogP contribution in [-0.4, -0.2) is 33.7 Å². The zero-order valence-electron chi connectivity index (χ0n) is 23.9. The van der Waals surface area contributed by atoms with Crippen LogP contribution < -0.4 is 19.2 Å². The molecule has 8 nitrogen and oxygen atoms in total. The van der Waals surface area contributed by atoms with Gasteiger partial charge in [-0.25, -0.2) is 13.8 Å². The van der Waals surface area contributed by atoms with Gasteiger partial charge >= 0.3 is 0 Å². The fraction of sp³-hybridized carbons (Fsp3) is 0.188. The second-order valence-corrected chi connectivity index (χ2v) is 12.3. The van der Waals surface area contributed by atoms with Crippen LogP contribution in [0, 0.1) is 13.8 Å². The number of hydrogen-bond acceptors (Lipinski definition) is 6. The first-order chi connectivity index (χ1) is 20.6. The largest absolute Gasteiger partial charge is 0.490 e. The van der Waals surface area contributed by atoms with Crippen molar-refractivity contribution in [1.82, 2.24) is 5.43 Å². The quantitative estimate of drug-likeness (QED) is 0.134. The Morgan fingerprint density at radius 3 is 2.19 bits per heavy atom. The second kappa shape index (κ2) is 14.4. The van der Waals surface area contributed by atoms with Crippen LogP contribution in [0.15, 0.2) is 94.9 Å². The summed E-state index contributed by atoms with van der Waals surface area (Å²) >= 11 is 11.9. The minimum Gasteiger partial charge on any atom is -0.490 e. The normalized spacial score (nSPS) is 11.4. The Bertz CT molecular complexity index is 1710. The van der Waals surface area contributed by atoms with Crippen molar-refractivity contribution in [3.63, 3.8) is 0 Å². The number of halogens is 2. The number of anilines is 1. The summed E-state index contributed by atoms with van der Waals surface area (Å²) in [6, 6.07) is 23.6. The Balaban J connectivity index is 1.48. The summed E-state index contributed by atoms with van der Waals surface area (Å²) in [4.78, 5) is 13.0. The van der Waals surface area contributed by atoms with Crippen LogP contribution >= 0.6 is 23.2 Å². The number of carbonyl (C=O) groups is 1. The van der Waals surface area contributed by atoms with Gasteiger partial charge < -0.3 is 9.47 Å². The number of ether oxygens (including phenoxy) is 2. The van der Waals surface area contributed by atoms with Crippen LogP contribution in [0.1, 0.15) is 29.2 Å². The predicted molar refractivity (Wildman–Crippen MR) is 171 cm³/mol. The molecule has 4 aromatic rings. The molecule has 0 atom stereocenters. The highest BCUT2D eigenvalue weighted by molar-refractivity contribution is 7.92. The van der Waals surface area contributed by atoms with Gasteiger partial charge in [0.2, 0.25) is 0 Å². The van der Waals surface area contributed by atoms with Gasteiger partial charge in [-0.2, -0.15) is 5.10 Å². The molecule has 0 bridgehead atoms. The van der Waals surface area contributed by atoms with E-state index in [1.165, 1.54) is 30.5 Å². The topological polar surface area (TPSA) is 97.3 Å². The molecule has 1 N–H and O–H groups in total. The molecule has 0 saturated heterocycles. The van der Waals surface area contributed by atoms with E-state index in [-0.39, 0.29) is 4.90 Å². The highest BCUT2D eigenvalue weighted by Gasteiger charge is 2.27. The average molecular weight is 641 g/mol. The maximum atomic E-state index is 13.6. The van der Waals surface area contributed by atoms with E-state index in [4.69, 9.17) is 32.7 Å². The number of nitrogens with one attached hydrogen (secondary N) is 1. The van der Waals surface area contributed by atoms with Gasteiger partial charge in [-0.1, -0.05) is 41.4 Å². The second-order valence-electron chi connectivity index (χ2n) is 9.58. The smallest absolute Gasteiger partial charge is 0.264 e. The number of hydrazone groups is 1. The summed E-state index contributed by atoms with van der Waals surface area (Å²) in [5.74, 6) is 0.441. The third kappa shape index (κ3) is 8.50. The van der Waals surface area contributed by atoms with Crippen LogP contribution in [-0.2, 0) is 21.4 Å². The highest BCUT2D eigenvalue weighted by atomic mass is 35.5. The van der Waals surface area contributed by atoms with Crippen molar-refractivity contribution in [3.8, 4) is 11.5 Å². The Morgan fingerprint density at radius 2 is 1.53 bits per heavy atom. The zero-order chi connectivity index (χ0) is 31.0. The van der Waals surface area contributed by atoms with E-state index < -0.39 is 22.5 Å². The molecule has 4 rings (SSSR count). The van der Waals surface area contributed by atoms with Crippen LogP contribution in [0.5, 0.6) is 11.5 Å². The third-order valence-electron chi connectivity index (χ3n) is 6.45. The molecule has 0 aliphatic carbocycles. The van der Waals surface area contributed by atoms with E-state index in [1.54, 1.807) is 42.5 Å². The van der Waals surface area contributed by atoms with E-state index >= 15 is 0 Å². The van der Waals surface area contributed by atoms with Crippen molar-refractivity contribution in [3.05, 3.63) is 117 Å². The van der Waals surface area contributed by atoms with Crippen molar-refractivity contribution >= 4 is 51.0 Å². The first-order valence-electron chi connectivity index (χ1n) is 13.4. The average Bonchev–Trinajstić information content (AvgIpc) is 2.98. The first kappa shape index (κ1) is 31.9. The number of nitrogens with zero attached hydrogens (tertiary/aromatic N) is 2. The summed E-state index contributed by atoms with van der Waals surface area (Å²) in [5, 5.41) is 5.10. The van der Waals surface area contributed by atoms with Crippen LogP contribution in [0.2, 0.25) is 10.0 Å². The summed E-state index contributed by atoms with van der Waals surface area (Å²) in [5.41, 5.74) is 6.26. The van der Waals surface area contributed by atoms with Gasteiger partial charge in [0.25, 0.3) is 15.9 Å². The molecule has 11 heteroatoms. The maximum Gasteiger partial charge on any atom is 0.264 e. The van der Waals surface area contributed by atoms with Gasteiger partial charge in [0.05, 0.1) is 23.4 Å². The minimum atomic E-state index is -4.09. The van der Waals surface area contributed by atoms with Gasteiger partial charge in [-0.05, 0) is 110 Å². The highest BCUT2D eigenvalue weighted by Crippen LogP contribution is 2.29. The lowest BCUT2D eigenvalue weighted by Gasteiger charge is -2.24. The number of carbonyl (C=O) groups excluding carboxylic acids is 1. The minimum absolute atomic E-state index is 0.00764. The first-order valence-corrected chi connectivity index (χ1v) is 15.6. The van der Waals surface area contributed by atoms with E-state index in [2.05, 4.69) is 10.5 Å². The number of benzene rings is 4. The van der Waals surface area contributed by atoms with E-state index in [0.717, 1.165) is 21.0 Å². The Morgan fingerprint density at radius 1 is 0.860 bits per heavy atom. The fourth-order valence-corrected chi connectivity index (χ4v) is 5.67. The number of rotatable bonds is 12. The number of aryl methyl sites for hydroxylation is 2. The van der Waals surface area contributed by atoms with E-state index in [9.17, 15) is 13.2 Å². The Kier molecular flexibility index (Phi) is 10.7. The lowest BCUT2D eigenvalue weighted by molar-refractivity contribution is -0.119. The van der Waals surface area contributed by atoms with Crippen LogP contribution in [0.3, 0.4) is 0 Å². The molecule has 0 aliphatic rings. The molecule has 0 saturated carbocycles. The molecule has 0 unspecified atom stereocenters. The van der Waals surface area contributed by atoms with Crippen molar-refractivity contribution in [2.75, 3.05) is 17.5 Å². The molecule has 43 heavy (non-hydrogen) atoms. The molecule has 0 fully saturated rings. The third-order valence-corrected chi connectivity index (χ3v) is 8.74. The van der Waals surface area contributed by atoms with E-state index in [1.807, 2.05) is 39.0 Å². The number of amides is 1. The number of sulfonamides is 1. The molecule has 4 aromatic carbocycles. The Hall–Kier alpha value is -4.05. The van der Waals surface area contributed by atoms with Crippen LogP contribution in [0.25, 0.3) is 0 Å². The summed E-state index contributed by atoms with van der Waals surface area (Å²) < 4.78 is 39.9. The van der Waals surface area contributed by atoms with Crippen molar-refractivity contribution in [1.29, 1.82) is 0 Å². The molecule has 1 amide bonds. The predicted octanol–water partition coefficient (Wildman–Crippen LogP) is 6.93. The molecule has 0 spiro atoms. The summed E-state index contributed by atoms with van der Waals surface area (Å²) in [6.45, 7) is 5.92. The standard InChI is InChI=1S/C32H31Cl2N3O5S/c1-4-41-31-18-25(8-16-30(31)42-21-24-6-9-26(33)10-7-24)19-35-36-32(38)20-37(28-13-5-22(2)23(3)17-28)43(39,40)29-14-11-27(34)12-15-29/h5-19H,4,20-21H2,1-3H3,(H,36,38)/b35-19-. The molecule has 224 valence electrons. The van der Waals surface area contributed by atoms with Crippen molar-refractivity contribution in [2.45, 2.75) is 32.3 Å². The maximum absolute atomic E-state index is 13.6. The fourth-order valence-electron chi connectivity index (χ4n) is 4.01. The van der Waals surface area contributed by atoms with Crippen LogP contribution in [0.4, 0.5) is 5.69 Å². The molecule has 0 aromatic heterocycles. The van der Waals surface area contributed by atoms with Gasteiger partial charge in [-0.15, -0.1) is 0 Å².